The third-order valence-corrected chi connectivity index (χ3v) is 6.09. The number of nitrogens with zero attached hydrogens (tertiary/aromatic N) is 1. The first-order valence-corrected chi connectivity index (χ1v) is 10.6. The number of hydrogen-bond donors (Lipinski definition) is 2. The van der Waals surface area contributed by atoms with Gasteiger partial charge in [-0.1, -0.05) is 29.3 Å². The summed E-state index contributed by atoms with van der Waals surface area (Å²) in [4.78, 5) is 15.5. The molecule has 0 radical (unpaired) electrons. The molecule has 1 aliphatic carbocycles. The molecule has 1 aromatic carbocycles. The standard InChI is InChI=1S/C21H18Cl2F6N2O3/c1-19(33,10-3-4-10)7-11-14(9-2-5-12(22)13(23)6-9)18(34-8-20(24,25)26)31-16(21(27,28)29)15(11)17(30)32/h2,5-6,10,33H,3-4,7-8H2,1H3,(H2,30,32)/t19-/m1/s1. The van der Waals surface area contributed by atoms with E-state index >= 15 is 0 Å². The van der Waals surface area contributed by atoms with Crippen LogP contribution in [0, 0.1) is 5.92 Å². The van der Waals surface area contributed by atoms with Crippen molar-refractivity contribution in [2.75, 3.05) is 6.61 Å². The van der Waals surface area contributed by atoms with E-state index in [0.29, 0.717) is 12.8 Å². The third kappa shape index (κ3) is 5.87. The normalized spacial score (nSPS) is 16.3. The van der Waals surface area contributed by atoms with E-state index in [1.165, 1.54) is 25.1 Å². The second-order valence-corrected chi connectivity index (χ2v) is 9.01. The number of hydrogen-bond acceptors (Lipinski definition) is 4. The van der Waals surface area contributed by atoms with Gasteiger partial charge in [-0.15, -0.1) is 0 Å². The predicted molar refractivity (Wildman–Crippen MR) is 112 cm³/mol. The minimum absolute atomic E-state index is 0.0307. The lowest BCUT2D eigenvalue weighted by Gasteiger charge is -2.28. The average molecular weight is 531 g/mol. The summed E-state index contributed by atoms with van der Waals surface area (Å²) in [6.45, 7) is -0.599. The molecule has 13 heteroatoms. The number of pyridine rings is 1. The maximum atomic E-state index is 13.8. The second kappa shape index (κ2) is 9.09. The van der Waals surface area contributed by atoms with Crippen LogP contribution in [0.5, 0.6) is 5.88 Å². The van der Waals surface area contributed by atoms with E-state index in [9.17, 15) is 36.2 Å². The van der Waals surface area contributed by atoms with Gasteiger partial charge in [0.1, 0.15) is 0 Å². The van der Waals surface area contributed by atoms with Gasteiger partial charge < -0.3 is 15.6 Å². The summed E-state index contributed by atoms with van der Waals surface area (Å²) in [6.07, 6.45) is -9.56. The minimum Gasteiger partial charge on any atom is -0.468 e. The monoisotopic (exact) mass is 530 g/mol. The average Bonchev–Trinajstić information content (AvgIpc) is 3.52. The highest BCUT2D eigenvalue weighted by Gasteiger charge is 2.45. The first-order valence-electron chi connectivity index (χ1n) is 9.82. The van der Waals surface area contributed by atoms with E-state index in [1.807, 2.05) is 0 Å². The van der Waals surface area contributed by atoms with Crippen molar-refractivity contribution in [1.29, 1.82) is 0 Å². The summed E-state index contributed by atoms with van der Waals surface area (Å²) >= 11 is 11.9. The molecule has 186 valence electrons. The van der Waals surface area contributed by atoms with Gasteiger partial charge in [-0.25, -0.2) is 4.98 Å². The van der Waals surface area contributed by atoms with Crippen molar-refractivity contribution >= 4 is 29.1 Å². The third-order valence-electron chi connectivity index (χ3n) is 5.35. The summed E-state index contributed by atoms with van der Waals surface area (Å²) in [5.41, 5.74) is -0.0710. The Hall–Kier alpha value is -2.24. The van der Waals surface area contributed by atoms with Gasteiger partial charge in [0.05, 0.1) is 21.2 Å². The van der Waals surface area contributed by atoms with E-state index < -0.39 is 59.6 Å². The van der Waals surface area contributed by atoms with Crippen LogP contribution in [0.4, 0.5) is 26.3 Å². The van der Waals surface area contributed by atoms with Crippen LogP contribution in [0.2, 0.25) is 10.0 Å². The van der Waals surface area contributed by atoms with E-state index in [-0.39, 0.29) is 27.1 Å². The molecule has 1 amide bonds. The van der Waals surface area contributed by atoms with Crippen LogP contribution >= 0.6 is 23.2 Å². The Morgan fingerprint density at radius 1 is 1.18 bits per heavy atom. The summed E-state index contributed by atoms with van der Waals surface area (Å²) < 4.78 is 84.9. The maximum Gasteiger partial charge on any atom is 0.434 e. The fourth-order valence-electron chi connectivity index (χ4n) is 3.67. The van der Waals surface area contributed by atoms with Crippen molar-refractivity contribution in [1.82, 2.24) is 4.98 Å². The van der Waals surface area contributed by atoms with E-state index in [0.717, 1.165) is 0 Å². The summed E-state index contributed by atoms with van der Waals surface area (Å²) in [5, 5.41) is 10.9. The van der Waals surface area contributed by atoms with Crippen molar-refractivity contribution in [3.8, 4) is 17.0 Å². The summed E-state index contributed by atoms with van der Waals surface area (Å²) in [6, 6.07) is 3.70. The number of benzene rings is 1. The van der Waals surface area contributed by atoms with Gasteiger partial charge in [0.15, 0.2) is 12.3 Å². The molecule has 0 unspecified atom stereocenters. The number of amides is 1. The highest BCUT2D eigenvalue weighted by atomic mass is 35.5. The molecule has 0 spiro atoms. The highest BCUT2D eigenvalue weighted by Crippen LogP contribution is 2.47. The molecule has 0 bridgehead atoms. The Bertz CT molecular complexity index is 1120. The summed E-state index contributed by atoms with van der Waals surface area (Å²) in [7, 11) is 0. The highest BCUT2D eigenvalue weighted by molar-refractivity contribution is 6.42. The van der Waals surface area contributed by atoms with Crippen LogP contribution < -0.4 is 10.5 Å². The molecule has 1 aliphatic rings. The zero-order valence-corrected chi connectivity index (χ0v) is 19.0. The zero-order chi connectivity index (χ0) is 25.6. The van der Waals surface area contributed by atoms with E-state index in [2.05, 4.69) is 9.72 Å². The molecule has 3 N–H and O–H groups in total. The van der Waals surface area contributed by atoms with Gasteiger partial charge in [0.25, 0.3) is 5.91 Å². The fourth-order valence-corrected chi connectivity index (χ4v) is 3.97. The fraction of sp³-hybridized carbons (Fsp3) is 0.429. The van der Waals surface area contributed by atoms with E-state index in [1.54, 1.807) is 0 Å². The molecule has 1 atom stereocenters. The number of primary amides is 1. The molecule has 0 saturated heterocycles. The summed E-state index contributed by atoms with van der Waals surface area (Å²) in [5.74, 6) is -2.86. The van der Waals surface area contributed by atoms with Crippen LogP contribution in [0.15, 0.2) is 18.2 Å². The van der Waals surface area contributed by atoms with Crippen LogP contribution in [-0.2, 0) is 12.6 Å². The number of nitrogens with two attached hydrogens (primary N) is 1. The number of aromatic nitrogens is 1. The predicted octanol–water partition coefficient (Wildman–Crippen LogP) is 5.82. The molecular weight excluding hydrogens is 513 g/mol. The Labute approximate surface area is 199 Å². The van der Waals surface area contributed by atoms with Crippen LogP contribution in [-0.4, -0.2) is 34.4 Å². The van der Waals surface area contributed by atoms with Crippen LogP contribution in [0.3, 0.4) is 0 Å². The lowest BCUT2D eigenvalue weighted by Crippen LogP contribution is -2.33. The molecule has 34 heavy (non-hydrogen) atoms. The number of aliphatic hydroxyl groups is 1. The maximum absolute atomic E-state index is 13.8. The first kappa shape index (κ1) is 26.4. The Morgan fingerprint density at radius 3 is 2.26 bits per heavy atom. The Morgan fingerprint density at radius 2 is 1.79 bits per heavy atom. The second-order valence-electron chi connectivity index (χ2n) is 8.20. The van der Waals surface area contributed by atoms with Crippen molar-refractivity contribution in [2.24, 2.45) is 11.7 Å². The van der Waals surface area contributed by atoms with Crippen LogP contribution in [0.1, 0.15) is 41.4 Å². The minimum atomic E-state index is -5.27. The zero-order valence-electron chi connectivity index (χ0n) is 17.4. The van der Waals surface area contributed by atoms with Crippen molar-refractivity contribution in [3.63, 3.8) is 0 Å². The Kier molecular flexibility index (Phi) is 7.05. The van der Waals surface area contributed by atoms with Gasteiger partial charge >= 0.3 is 12.4 Å². The van der Waals surface area contributed by atoms with Gasteiger partial charge in [-0.2, -0.15) is 26.3 Å². The molecule has 1 heterocycles. The Balaban J connectivity index is 2.40. The molecular formula is C21H18Cl2F6N2O3. The molecule has 3 rings (SSSR count). The van der Waals surface area contributed by atoms with Crippen molar-refractivity contribution < 1.29 is 41.0 Å². The smallest absolute Gasteiger partial charge is 0.434 e. The SMILES string of the molecule is C[C@@](O)(Cc1c(C(N)=O)c(C(F)(F)F)nc(OCC(F)(F)F)c1-c1ccc(Cl)c(Cl)c1)C1CC1. The number of ether oxygens (including phenoxy) is 1. The van der Waals surface area contributed by atoms with Gasteiger partial charge in [0, 0.05) is 12.0 Å². The lowest BCUT2D eigenvalue weighted by atomic mass is 9.84. The topological polar surface area (TPSA) is 85.4 Å². The number of alkyl halides is 6. The number of carbonyl (C=O) groups is 1. The van der Waals surface area contributed by atoms with Crippen molar-refractivity contribution in [2.45, 2.75) is 44.1 Å². The number of halogens is 8. The number of carbonyl (C=O) groups excluding carboxylic acids is 1. The van der Waals surface area contributed by atoms with Gasteiger partial charge in [-0.3, -0.25) is 4.79 Å². The molecule has 5 nitrogen and oxygen atoms in total. The molecule has 1 saturated carbocycles. The van der Waals surface area contributed by atoms with Crippen LogP contribution in [0.25, 0.3) is 11.1 Å². The molecule has 1 fully saturated rings. The number of rotatable bonds is 7. The largest absolute Gasteiger partial charge is 0.468 e. The molecule has 1 aromatic heterocycles. The van der Waals surface area contributed by atoms with E-state index in [4.69, 9.17) is 28.9 Å². The molecule has 2 aromatic rings. The van der Waals surface area contributed by atoms with Crippen molar-refractivity contribution in [3.05, 3.63) is 45.1 Å². The molecule has 0 aliphatic heterocycles. The van der Waals surface area contributed by atoms with Gasteiger partial charge in [-0.05, 0) is 48.9 Å². The quantitative estimate of drug-likeness (QED) is 0.442. The lowest BCUT2D eigenvalue weighted by molar-refractivity contribution is -0.154. The van der Waals surface area contributed by atoms with Gasteiger partial charge in [0.2, 0.25) is 5.88 Å². The first-order chi connectivity index (χ1) is 15.5.